The largest absolute Gasteiger partial charge is 0.342 e. The van der Waals surface area contributed by atoms with Crippen LogP contribution in [0.5, 0.6) is 0 Å². The predicted octanol–water partition coefficient (Wildman–Crippen LogP) is 5.97. The summed E-state index contributed by atoms with van der Waals surface area (Å²) < 4.78 is 0. The van der Waals surface area contributed by atoms with E-state index in [2.05, 4.69) is 73.5 Å². The Morgan fingerprint density at radius 2 is 1.44 bits per heavy atom. The molecule has 4 aromatic carbocycles. The number of hydrogen-bond acceptors (Lipinski definition) is 4. The Balaban J connectivity index is 1.50. The molecule has 0 atom stereocenters. The third kappa shape index (κ3) is 2.34. The van der Waals surface area contributed by atoms with Gasteiger partial charge in [-0.1, -0.05) is 30.3 Å². The number of nitrogens with zero attached hydrogens (tertiary/aromatic N) is 4. The summed E-state index contributed by atoms with van der Waals surface area (Å²) in [5.41, 5.74) is 7.20. The number of benzene rings is 4. The molecule has 7 rings (SSSR count). The fourth-order valence-electron chi connectivity index (χ4n) is 4.84. The molecule has 3 heterocycles. The van der Waals surface area contributed by atoms with Crippen LogP contribution in [0, 0.1) is 13.8 Å². The van der Waals surface area contributed by atoms with E-state index in [1.165, 1.54) is 5.39 Å². The molecule has 6 nitrogen and oxygen atoms in total. The molecule has 0 saturated carbocycles. The average Bonchev–Trinajstić information content (AvgIpc) is 3.40. The van der Waals surface area contributed by atoms with Gasteiger partial charge in [0.2, 0.25) is 0 Å². The molecular formula is C26H18N6. The highest BCUT2D eigenvalue weighted by Gasteiger charge is 2.14. The Morgan fingerprint density at radius 3 is 2.34 bits per heavy atom. The summed E-state index contributed by atoms with van der Waals surface area (Å²) in [6, 6.07) is 17.4. The lowest BCUT2D eigenvalue weighted by Gasteiger charge is -2.09. The van der Waals surface area contributed by atoms with Crippen LogP contribution in [-0.2, 0) is 0 Å². The number of rotatable bonds is 1. The first-order valence-electron chi connectivity index (χ1n) is 10.6. The second kappa shape index (κ2) is 6.11. The predicted molar refractivity (Wildman–Crippen MR) is 129 cm³/mol. The van der Waals surface area contributed by atoms with Gasteiger partial charge in [-0.2, -0.15) is 0 Å². The molecule has 0 fully saturated rings. The lowest BCUT2D eigenvalue weighted by Crippen LogP contribution is -1.88. The molecular weight excluding hydrogens is 396 g/mol. The van der Waals surface area contributed by atoms with Gasteiger partial charge in [-0.05, 0) is 53.9 Å². The molecule has 0 spiro atoms. The Hall–Kier alpha value is -4.32. The van der Waals surface area contributed by atoms with E-state index in [1.54, 1.807) is 6.33 Å². The first-order chi connectivity index (χ1) is 15.7. The molecule has 0 aliphatic heterocycles. The molecule has 0 radical (unpaired) electrons. The molecule has 0 amide bonds. The van der Waals surface area contributed by atoms with E-state index >= 15 is 0 Å². The van der Waals surface area contributed by atoms with Gasteiger partial charge in [-0.3, -0.25) is 0 Å². The molecule has 6 heteroatoms. The zero-order chi connectivity index (χ0) is 21.4. The molecule has 7 aromatic rings. The number of aromatic nitrogens is 6. The van der Waals surface area contributed by atoms with Crippen molar-refractivity contribution in [3.05, 3.63) is 72.7 Å². The zero-order valence-electron chi connectivity index (χ0n) is 17.6. The van der Waals surface area contributed by atoms with Gasteiger partial charge in [0.25, 0.3) is 0 Å². The SMILES string of the molecule is Cc1nc2c(ccc3cc(-c4ccc5c(c4)c4cncnc4c4[nH]c(C)nc54)ccc32)[nH]1. The number of imidazole rings is 2. The van der Waals surface area contributed by atoms with Gasteiger partial charge in [-0.15, -0.1) is 0 Å². The number of H-pyrrole nitrogens is 2. The number of hydrogen-bond donors (Lipinski definition) is 2. The van der Waals surface area contributed by atoms with Crippen LogP contribution >= 0.6 is 0 Å². The van der Waals surface area contributed by atoms with E-state index in [1.807, 2.05) is 20.0 Å². The van der Waals surface area contributed by atoms with Crippen molar-refractivity contribution in [3.63, 3.8) is 0 Å². The van der Waals surface area contributed by atoms with Crippen LogP contribution in [0.25, 0.3) is 65.6 Å². The van der Waals surface area contributed by atoms with Gasteiger partial charge < -0.3 is 9.97 Å². The Bertz CT molecular complexity index is 1860. The number of fused-ring (bicyclic) bond motifs is 9. The third-order valence-corrected chi connectivity index (χ3v) is 6.26. The molecule has 0 saturated heterocycles. The van der Waals surface area contributed by atoms with Gasteiger partial charge >= 0.3 is 0 Å². The highest BCUT2D eigenvalue weighted by atomic mass is 14.9. The van der Waals surface area contributed by atoms with Crippen LogP contribution in [0.4, 0.5) is 0 Å². The summed E-state index contributed by atoms with van der Waals surface area (Å²) in [6.07, 6.45) is 3.48. The highest BCUT2D eigenvalue weighted by Crippen LogP contribution is 2.36. The lowest BCUT2D eigenvalue weighted by atomic mass is 9.96. The standard InChI is InChI=1S/C26H18N6/c1-13-29-22-8-5-17-9-15(3-6-18(17)23(22)30-13)16-4-7-19-20(10-16)21-11-27-12-28-24(21)26-25(19)31-14(2)32-26/h3-12H,1-2H3,(H,29,30)(H,31,32). The van der Waals surface area contributed by atoms with Gasteiger partial charge in [0.05, 0.1) is 27.6 Å². The van der Waals surface area contributed by atoms with Crippen molar-refractivity contribution in [1.29, 1.82) is 0 Å². The van der Waals surface area contributed by atoms with Crippen molar-refractivity contribution in [1.82, 2.24) is 29.9 Å². The summed E-state index contributed by atoms with van der Waals surface area (Å²) in [5.74, 6) is 1.81. The number of aromatic amines is 2. The molecule has 2 N–H and O–H groups in total. The lowest BCUT2D eigenvalue weighted by molar-refractivity contribution is 1.17. The maximum atomic E-state index is 4.74. The Labute approximate surface area is 182 Å². The van der Waals surface area contributed by atoms with E-state index in [9.17, 15) is 0 Å². The van der Waals surface area contributed by atoms with Crippen LogP contribution in [0.1, 0.15) is 11.6 Å². The van der Waals surface area contributed by atoms with E-state index in [-0.39, 0.29) is 0 Å². The molecule has 0 unspecified atom stereocenters. The van der Waals surface area contributed by atoms with Crippen LogP contribution < -0.4 is 0 Å². The van der Waals surface area contributed by atoms with Crippen molar-refractivity contribution in [2.75, 3.05) is 0 Å². The van der Waals surface area contributed by atoms with E-state index < -0.39 is 0 Å². The third-order valence-electron chi connectivity index (χ3n) is 6.26. The molecule has 32 heavy (non-hydrogen) atoms. The minimum absolute atomic E-state index is 0.880. The highest BCUT2D eigenvalue weighted by molar-refractivity contribution is 6.22. The fraction of sp³-hybridized carbons (Fsp3) is 0.0769. The van der Waals surface area contributed by atoms with Crippen LogP contribution in [0.15, 0.2) is 61.1 Å². The maximum Gasteiger partial charge on any atom is 0.116 e. The summed E-state index contributed by atoms with van der Waals surface area (Å²) >= 11 is 0. The van der Waals surface area contributed by atoms with E-state index in [0.717, 1.165) is 71.9 Å². The topological polar surface area (TPSA) is 83.1 Å². The van der Waals surface area contributed by atoms with Gasteiger partial charge in [0, 0.05) is 22.4 Å². The van der Waals surface area contributed by atoms with Crippen LogP contribution in [0.2, 0.25) is 0 Å². The quantitative estimate of drug-likeness (QED) is 0.324. The van der Waals surface area contributed by atoms with Crippen molar-refractivity contribution in [2.45, 2.75) is 13.8 Å². The fourth-order valence-corrected chi connectivity index (χ4v) is 4.84. The minimum Gasteiger partial charge on any atom is -0.342 e. The average molecular weight is 414 g/mol. The van der Waals surface area contributed by atoms with Crippen molar-refractivity contribution >= 4 is 54.5 Å². The minimum atomic E-state index is 0.880. The Kier molecular flexibility index (Phi) is 3.31. The first kappa shape index (κ1) is 17.4. The van der Waals surface area contributed by atoms with E-state index in [0.29, 0.717) is 0 Å². The van der Waals surface area contributed by atoms with Gasteiger partial charge in [0.1, 0.15) is 18.0 Å². The molecule has 0 aliphatic rings. The smallest absolute Gasteiger partial charge is 0.116 e. The monoisotopic (exact) mass is 414 g/mol. The summed E-state index contributed by atoms with van der Waals surface area (Å²) in [4.78, 5) is 24.9. The van der Waals surface area contributed by atoms with Crippen molar-refractivity contribution in [2.24, 2.45) is 0 Å². The van der Waals surface area contributed by atoms with Gasteiger partial charge in [-0.25, -0.2) is 19.9 Å². The maximum absolute atomic E-state index is 4.74. The van der Waals surface area contributed by atoms with E-state index in [4.69, 9.17) is 4.98 Å². The second-order valence-electron chi connectivity index (χ2n) is 8.31. The van der Waals surface area contributed by atoms with Crippen molar-refractivity contribution < 1.29 is 0 Å². The summed E-state index contributed by atoms with van der Waals surface area (Å²) in [7, 11) is 0. The second-order valence-corrected chi connectivity index (χ2v) is 8.31. The molecule has 152 valence electrons. The van der Waals surface area contributed by atoms with Crippen molar-refractivity contribution in [3.8, 4) is 11.1 Å². The van der Waals surface area contributed by atoms with Crippen LogP contribution in [0.3, 0.4) is 0 Å². The molecule has 0 aliphatic carbocycles. The van der Waals surface area contributed by atoms with Crippen LogP contribution in [-0.4, -0.2) is 29.9 Å². The molecule has 3 aromatic heterocycles. The number of nitrogens with one attached hydrogen (secondary N) is 2. The molecule has 0 bridgehead atoms. The number of aryl methyl sites for hydroxylation is 2. The summed E-state index contributed by atoms with van der Waals surface area (Å²) in [6.45, 7) is 3.96. The zero-order valence-corrected chi connectivity index (χ0v) is 17.6. The summed E-state index contributed by atoms with van der Waals surface area (Å²) in [5, 5.41) is 5.56. The normalized spacial score (nSPS) is 12.1. The first-order valence-corrected chi connectivity index (χ1v) is 10.6. The van der Waals surface area contributed by atoms with Gasteiger partial charge in [0.15, 0.2) is 0 Å². The Morgan fingerprint density at radius 1 is 0.656 bits per heavy atom.